The van der Waals surface area contributed by atoms with Crippen LogP contribution in [0.5, 0.6) is 0 Å². The highest BCUT2D eigenvalue weighted by Gasteiger charge is 2.41. The molecule has 0 radical (unpaired) electrons. The molecule has 1 amide bonds. The van der Waals surface area contributed by atoms with Crippen molar-refractivity contribution in [1.82, 2.24) is 24.1 Å². The molecular formula is C23H25FN6O4S. The maximum Gasteiger partial charge on any atom is 0.259 e. The van der Waals surface area contributed by atoms with Crippen LogP contribution in [0.1, 0.15) is 47.3 Å². The van der Waals surface area contributed by atoms with E-state index in [2.05, 4.69) is 20.5 Å². The normalized spacial score (nSPS) is 17.1. The standard InChI is InChI=1S/C23H25FN6O4S/c1-14(12-31)30-13-25-28-22(30)20-3-2-4-21(26-20)27-23(32)18-9-16-11-29(35(33,34)17-5-6-17)8-7-15(16)10-19(18)24/h2-4,9-10,13-14,17,31H,5-8,11-12H2,1H3,(H,26,27,32)/t14-/m1/s1. The topological polar surface area (TPSA) is 130 Å². The Hall–Kier alpha value is -3.22. The second-order valence-electron chi connectivity index (χ2n) is 8.88. The molecule has 0 unspecified atom stereocenters. The van der Waals surface area contributed by atoms with Crippen LogP contribution >= 0.6 is 0 Å². The second kappa shape index (κ2) is 9.10. The minimum Gasteiger partial charge on any atom is -0.394 e. The molecule has 0 saturated heterocycles. The van der Waals surface area contributed by atoms with Gasteiger partial charge in [-0.25, -0.2) is 17.8 Å². The Balaban J connectivity index is 1.38. The fourth-order valence-corrected chi connectivity index (χ4v) is 5.99. The number of carbonyl (C=O) groups excluding carboxylic acids is 1. The van der Waals surface area contributed by atoms with Crippen LogP contribution < -0.4 is 5.32 Å². The van der Waals surface area contributed by atoms with Gasteiger partial charge in [0.25, 0.3) is 5.91 Å². The molecular weight excluding hydrogens is 475 g/mol. The number of nitrogens with zero attached hydrogens (tertiary/aromatic N) is 5. The van der Waals surface area contributed by atoms with Gasteiger partial charge in [-0.05, 0) is 61.6 Å². The molecule has 2 N–H and O–H groups in total. The molecule has 12 heteroatoms. The Kier molecular flexibility index (Phi) is 6.11. The summed E-state index contributed by atoms with van der Waals surface area (Å²) >= 11 is 0. The zero-order valence-corrected chi connectivity index (χ0v) is 19.9. The summed E-state index contributed by atoms with van der Waals surface area (Å²) in [7, 11) is -3.36. The lowest BCUT2D eigenvalue weighted by Gasteiger charge is -2.28. The first-order chi connectivity index (χ1) is 16.8. The fourth-order valence-electron chi connectivity index (χ4n) is 4.17. The van der Waals surface area contributed by atoms with Crippen molar-refractivity contribution in [3.63, 3.8) is 0 Å². The first-order valence-electron chi connectivity index (χ1n) is 11.4. The van der Waals surface area contributed by atoms with E-state index in [0.29, 0.717) is 48.5 Å². The van der Waals surface area contributed by atoms with Crippen molar-refractivity contribution >= 4 is 21.7 Å². The van der Waals surface area contributed by atoms with Gasteiger partial charge in [0.15, 0.2) is 5.82 Å². The number of rotatable bonds is 7. The number of amides is 1. The van der Waals surface area contributed by atoms with Gasteiger partial charge in [0, 0.05) is 13.1 Å². The molecule has 35 heavy (non-hydrogen) atoms. The smallest absolute Gasteiger partial charge is 0.259 e. The number of nitrogens with one attached hydrogen (secondary N) is 1. The van der Waals surface area contributed by atoms with Gasteiger partial charge in [-0.3, -0.25) is 4.79 Å². The van der Waals surface area contributed by atoms with Crippen molar-refractivity contribution in [2.24, 2.45) is 0 Å². The van der Waals surface area contributed by atoms with E-state index in [0.717, 1.165) is 0 Å². The van der Waals surface area contributed by atoms with Crippen LogP contribution in [-0.2, 0) is 23.0 Å². The van der Waals surface area contributed by atoms with E-state index in [4.69, 9.17) is 0 Å². The maximum absolute atomic E-state index is 14.8. The summed E-state index contributed by atoms with van der Waals surface area (Å²) in [5, 5.41) is 19.7. The third-order valence-electron chi connectivity index (χ3n) is 6.35. The number of halogens is 1. The molecule has 1 atom stereocenters. The summed E-state index contributed by atoms with van der Waals surface area (Å²) in [4.78, 5) is 17.3. The van der Waals surface area contributed by atoms with E-state index >= 15 is 0 Å². The van der Waals surface area contributed by atoms with Crippen LogP contribution in [0.4, 0.5) is 10.2 Å². The van der Waals surface area contributed by atoms with Gasteiger partial charge in [-0.2, -0.15) is 4.31 Å². The molecule has 3 heterocycles. The third kappa shape index (κ3) is 4.56. The molecule has 2 aromatic heterocycles. The molecule has 0 bridgehead atoms. The fraction of sp³-hybridized carbons (Fsp3) is 0.391. The zero-order chi connectivity index (χ0) is 24.7. The lowest BCUT2D eigenvalue weighted by atomic mass is 9.97. The predicted molar refractivity (Wildman–Crippen MR) is 125 cm³/mol. The van der Waals surface area contributed by atoms with Gasteiger partial charge in [0.2, 0.25) is 10.0 Å². The Labute approximate surface area is 201 Å². The lowest BCUT2D eigenvalue weighted by molar-refractivity contribution is 0.102. The number of hydrogen-bond donors (Lipinski definition) is 2. The highest BCUT2D eigenvalue weighted by atomic mass is 32.2. The summed E-state index contributed by atoms with van der Waals surface area (Å²) in [6.07, 6.45) is 3.23. The Morgan fingerprint density at radius 3 is 2.83 bits per heavy atom. The molecule has 1 aromatic carbocycles. The summed E-state index contributed by atoms with van der Waals surface area (Å²) in [6.45, 7) is 2.13. The molecule has 1 aliphatic heterocycles. The van der Waals surface area contributed by atoms with E-state index in [1.165, 1.54) is 22.8 Å². The van der Waals surface area contributed by atoms with Crippen LogP contribution in [0.15, 0.2) is 36.7 Å². The number of pyridine rings is 1. The number of aromatic nitrogens is 4. The highest BCUT2D eigenvalue weighted by molar-refractivity contribution is 7.90. The Morgan fingerprint density at radius 2 is 2.09 bits per heavy atom. The minimum atomic E-state index is -3.36. The second-order valence-corrected chi connectivity index (χ2v) is 11.1. The van der Waals surface area contributed by atoms with E-state index in [1.54, 1.807) is 29.7 Å². The molecule has 10 nitrogen and oxygen atoms in total. The van der Waals surface area contributed by atoms with Crippen LogP contribution in [0.3, 0.4) is 0 Å². The van der Waals surface area contributed by atoms with E-state index in [9.17, 15) is 22.7 Å². The van der Waals surface area contributed by atoms with Crippen molar-refractivity contribution in [3.05, 3.63) is 59.2 Å². The number of benzene rings is 1. The third-order valence-corrected chi connectivity index (χ3v) is 8.69. The monoisotopic (exact) mass is 500 g/mol. The number of anilines is 1. The van der Waals surface area contributed by atoms with Crippen molar-refractivity contribution in [3.8, 4) is 11.5 Å². The maximum atomic E-state index is 14.8. The van der Waals surface area contributed by atoms with Gasteiger partial charge in [0.05, 0.1) is 23.5 Å². The van der Waals surface area contributed by atoms with Crippen molar-refractivity contribution in [1.29, 1.82) is 0 Å². The molecule has 3 aromatic rings. The van der Waals surface area contributed by atoms with E-state index in [-0.39, 0.29) is 35.8 Å². The van der Waals surface area contributed by atoms with E-state index in [1.807, 2.05) is 0 Å². The van der Waals surface area contributed by atoms with Crippen LogP contribution in [0.2, 0.25) is 0 Å². The molecule has 1 aliphatic carbocycles. The number of aliphatic hydroxyl groups excluding tert-OH is 1. The molecule has 5 rings (SSSR count). The number of sulfonamides is 1. The number of carbonyl (C=O) groups is 1. The molecule has 1 saturated carbocycles. The van der Waals surface area contributed by atoms with Gasteiger partial charge in [0.1, 0.15) is 23.7 Å². The summed E-state index contributed by atoms with van der Waals surface area (Å²) in [6, 6.07) is 7.40. The molecule has 2 aliphatic rings. The first-order valence-corrected chi connectivity index (χ1v) is 12.9. The molecule has 1 fully saturated rings. The molecule has 0 spiro atoms. The highest BCUT2D eigenvalue weighted by Crippen LogP contribution is 2.34. The first kappa shape index (κ1) is 23.5. The number of hydrogen-bond acceptors (Lipinski definition) is 7. The van der Waals surface area contributed by atoms with Crippen LogP contribution in [0, 0.1) is 5.82 Å². The largest absolute Gasteiger partial charge is 0.394 e. The number of aliphatic hydroxyl groups is 1. The minimum absolute atomic E-state index is 0.113. The van der Waals surface area contributed by atoms with Crippen molar-refractivity contribution in [2.75, 3.05) is 18.5 Å². The average molecular weight is 501 g/mol. The van der Waals surface area contributed by atoms with E-state index < -0.39 is 21.7 Å². The SMILES string of the molecule is C[C@H](CO)n1cnnc1-c1cccc(NC(=O)c2cc3c(cc2F)CCN(S(=O)(=O)C2CC2)C3)n1. The predicted octanol–water partition coefficient (Wildman–Crippen LogP) is 2.14. The van der Waals surface area contributed by atoms with Crippen LogP contribution in [0.25, 0.3) is 11.5 Å². The van der Waals surface area contributed by atoms with Crippen molar-refractivity contribution < 1.29 is 22.7 Å². The van der Waals surface area contributed by atoms with Gasteiger partial charge < -0.3 is 15.0 Å². The Bertz CT molecular complexity index is 1390. The average Bonchev–Trinajstić information content (AvgIpc) is 3.60. The van der Waals surface area contributed by atoms with Crippen LogP contribution in [-0.4, -0.2) is 61.9 Å². The van der Waals surface area contributed by atoms with Gasteiger partial charge >= 0.3 is 0 Å². The van der Waals surface area contributed by atoms with Gasteiger partial charge in [-0.1, -0.05) is 6.07 Å². The summed E-state index contributed by atoms with van der Waals surface area (Å²) in [5.41, 5.74) is 1.57. The van der Waals surface area contributed by atoms with Crippen molar-refractivity contribution in [2.45, 2.75) is 44.0 Å². The number of fused-ring (bicyclic) bond motifs is 1. The molecule has 184 valence electrons. The summed E-state index contributed by atoms with van der Waals surface area (Å²) in [5.74, 6) is -0.761. The Morgan fingerprint density at radius 1 is 1.29 bits per heavy atom. The lowest BCUT2D eigenvalue weighted by Crippen LogP contribution is -2.38. The quantitative estimate of drug-likeness (QED) is 0.508. The summed E-state index contributed by atoms with van der Waals surface area (Å²) < 4.78 is 43.2. The van der Waals surface area contributed by atoms with Gasteiger partial charge in [-0.15, -0.1) is 10.2 Å². The zero-order valence-electron chi connectivity index (χ0n) is 19.1.